The molecule has 86 valence electrons. The molecule has 0 radical (unpaired) electrons. The molecule has 0 aliphatic heterocycles. The van der Waals surface area contributed by atoms with Gasteiger partial charge in [-0.1, -0.05) is 23.2 Å². The number of hydrogen-bond donors (Lipinski definition) is 1. The largest absolute Gasteiger partial charge is 0.347 e. The van der Waals surface area contributed by atoms with E-state index in [2.05, 4.69) is 10.3 Å². The molecule has 0 unspecified atom stereocenters. The molecule has 0 bridgehead atoms. The van der Waals surface area contributed by atoms with Crippen LogP contribution in [0.1, 0.15) is 36.5 Å². The zero-order chi connectivity index (χ0) is 11.8. The smallest absolute Gasteiger partial charge is 0.253 e. The van der Waals surface area contributed by atoms with E-state index in [1.165, 1.54) is 12.3 Å². The number of pyridine rings is 1. The summed E-state index contributed by atoms with van der Waals surface area (Å²) in [5.74, 6) is -0.184. The van der Waals surface area contributed by atoms with Gasteiger partial charge in [-0.25, -0.2) is 4.98 Å². The lowest BCUT2D eigenvalue weighted by atomic mass is 9.78. The SMILES string of the molecule is CC1(NC(=O)c2cc(Cl)ncc2Cl)CCC1. The summed E-state index contributed by atoms with van der Waals surface area (Å²) in [4.78, 5) is 15.8. The zero-order valence-electron chi connectivity index (χ0n) is 8.89. The van der Waals surface area contributed by atoms with Gasteiger partial charge in [0.2, 0.25) is 0 Å². The molecule has 16 heavy (non-hydrogen) atoms. The predicted molar refractivity (Wildman–Crippen MR) is 64.0 cm³/mol. The maximum absolute atomic E-state index is 11.9. The first-order valence-electron chi connectivity index (χ1n) is 5.14. The third-order valence-corrected chi connectivity index (χ3v) is 3.45. The van der Waals surface area contributed by atoms with Crippen LogP contribution in [0.4, 0.5) is 0 Å². The maximum Gasteiger partial charge on any atom is 0.253 e. The Hall–Kier alpha value is -0.800. The lowest BCUT2D eigenvalue weighted by Gasteiger charge is -2.39. The molecule has 0 aromatic carbocycles. The van der Waals surface area contributed by atoms with Crippen molar-refractivity contribution in [2.75, 3.05) is 0 Å². The summed E-state index contributed by atoms with van der Waals surface area (Å²) >= 11 is 11.6. The summed E-state index contributed by atoms with van der Waals surface area (Å²) in [6.45, 7) is 2.03. The number of amides is 1. The van der Waals surface area contributed by atoms with Crippen molar-refractivity contribution in [3.8, 4) is 0 Å². The van der Waals surface area contributed by atoms with Crippen LogP contribution < -0.4 is 5.32 Å². The molecule has 1 aromatic heterocycles. The van der Waals surface area contributed by atoms with Crippen LogP contribution in [0.2, 0.25) is 10.2 Å². The fourth-order valence-corrected chi connectivity index (χ4v) is 2.11. The Kier molecular flexibility index (Phi) is 3.08. The predicted octanol–water partition coefficient (Wildman–Crippen LogP) is 3.06. The van der Waals surface area contributed by atoms with Crippen molar-refractivity contribution in [3.63, 3.8) is 0 Å². The molecule has 3 nitrogen and oxygen atoms in total. The standard InChI is InChI=1S/C11H12Cl2N2O/c1-11(3-2-4-11)15-10(16)7-5-9(13)14-6-8(7)12/h5-6H,2-4H2,1H3,(H,15,16). The summed E-state index contributed by atoms with van der Waals surface area (Å²) in [5, 5.41) is 3.56. The minimum atomic E-state index is -0.184. The van der Waals surface area contributed by atoms with Crippen molar-refractivity contribution < 1.29 is 4.79 Å². The molecule has 1 amide bonds. The van der Waals surface area contributed by atoms with Gasteiger partial charge in [0.05, 0.1) is 10.6 Å². The molecule has 1 aliphatic carbocycles. The van der Waals surface area contributed by atoms with E-state index in [9.17, 15) is 4.79 Å². The second-order valence-corrected chi connectivity index (χ2v) is 5.15. The van der Waals surface area contributed by atoms with Crippen LogP contribution in [0.3, 0.4) is 0 Å². The highest BCUT2D eigenvalue weighted by Crippen LogP contribution is 2.31. The molecule has 2 rings (SSSR count). The Bertz CT molecular complexity index is 430. The van der Waals surface area contributed by atoms with Gasteiger partial charge in [0, 0.05) is 11.7 Å². The maximum atomic E-state index is 11.9. The first kappa shape index (κ1) is 11.7. The summed E-state index contributed by atoms with van der Waals surface area (Å²) in [6.07, 6.45) is 4.56. The van der Waals surface area contributed by atoms with Gasteiger partial charge in [-0.15, -0.1) is 0 Å². The topological polar surface area (TPSA) is 42.0 Å². The van der Waals surface area contributed by atoms with Crippen molar-refractivity contribution >= 4 is 29.1 Å². The number of rotatable bonds is 2. The van der Waals surface area contributed by atoms with Crippen LogP contribution in [0.15, 0.2) is 12.3 Å². The molecule has 1 N–H and O–H groups in total. The van der Waals surface area contributed by atoms with Gasteiger partial charge in [-0.3, -0.25) is 4.79 Å². The highest BCUT2D eigenvalue weighted by Gasteiger charge is 2.33. The van der Waals surface area contributed by atoms with Gasteiger partial charge in [0.25, 0.3) is 5.91 Å². The van der Waals surface area contributed by atoms with Crippen molar-refractivity contribution in [2.45, 2.75) is 31.7 Å². The summed E-state index contributed by atoms with van der Waals surface area (Å²) in [6, 6.07) is 1.49. The van der Waals surface area contributed by atoms with Gasteiger partial charge in [0.15, 0.2) is 0 Å². The van der Waals surface area contributed by atoms with Crippen molar-refractivity contribution in [2.24, 2.45) is 0 Å². The molecular weight excluding hydrogens is 247 g/mol. The van der Waals surface area contributed by atoms with Crippen LogP contribution in [0.5, 0.6) is 0 Å². The average molecular weight is 259 g/mol. The first-order chi connectivity index (χ1) is 7.50. The molecule has 0 spiro atoms. The minimum absolute atomic E-state index is 0.0871. The first-order valence-corrected chi connectivity index (χ1v) is 5.89. The Morgan fingerprint density at radius 1 is 1.50 bits per heavy atom. The van der Waals surface area contributed by atoms with E-state index in [1.807, 2.05) is 6.92 Å². The van der Waals surface area contributed by atoms with Crippen molar-refractivity contribution in [1.82, 2.24) is 10.3 Å². The third-order valence-electron chi connectivity index (χ3n) is 2.94. The average Bonchev–Trinajstić information content (AvgIpc) is 2.19. The lowest BCUT2D eigenvalue weighted by molar-refractivity contribution is 0.0850. The van der Waals surface area contributed by atoms with E-state index >= 15 is 0 Å². The van der Waals surface area contributed by atoms with Crippen LogP contribution in [0.25, 0.3) is 0 Å². The minimum Gasteiger partial charge on any atom is -0.347 e. The number of hydrogen-bond acceptors (Lipinski definition) is 2. The quantitative estimate of drug-likeness (QED) is 0.829. The van der Waals surface area contributed by atoms with E-state index < -0.39 is 0 Å². The van der Waals surface area contributed by atoms with Gasteiger partial charge in [0.1, 0.15) is 5.15 Å². The van der Waals surface area contributed by atoms with Gasteiger partial charge in [-0.05, 0) is 32.3 Å². The lowest BCUT2D eigenvalue weighted by Crippen LogP contribution is -2.51. The van der Waals surface area contributed by atoms with E-state index in [0.717, 1.165) is 19.3 Å². The Morgan fingerprint density at radius 3 is 2.75 bits per heavy atom. The fourth-order valence-electron chi connectivity index (χ4n) is 1.76. The van der Waals surface area contributed by atoms with E-state index in [1.54, 1.807) is 0 Å². The second kappa shape index (κ2) is 4.22. The van der Waals surface area contributed by atoms with Gasteiger partial charge >= 0.3 is 0 Å². The monoisotopic (exact) mass is 258 g/mol. The van der Waals surface area contributed by atoms with Crippen LogP contribution in [0, 0.1) is 0 Å². The number of aromatic nitrogens is 1. The number of nitrogens with zero attached hydrogens (tertiary/aromatic N) is 1. The van der Waals surface area contributed by atoms with Gasteiger partial charge in [-0.2, -0.15) is 0 Å². The summed E-state index contributed by atoms with van der Waals surface area (Å²) in [5.41, 5.74) is 0.297. The number of carbonyl (C=O) groups excluding carboxylic acids is 1. The normalized spacial score (nSPS) is 17.7. The van der Waals surface area contributed by atoms with Crippen LogP contribution in [-0.4, -0.2) is 16.4 Å². The van der Waals surface area contributed by atoms with Crippen molar-refractivity contribution in [3.05, 3.63) is 28.0 Å². The fraction of sp³-hybridized carbons (Fsp3) is 0.455. The van der Waals surface area contributed by atoms with Crippen LogP contribution in [-0.2, 0) is 0 Å². The third kappa shape index (κ3) is 2.30. The molecule has 0 atom stereocenters. The molecule has 1 aromatic rings. The van der Waals surface area contributed by atoms with E-state index in [4.69, 9.17) is 23.2 Å². The molecular formula is C11H12Cl2N2O. The number of nitrogens with one attached hydrogen (secondary N) is 1. The highest BCUT2D eigenvalue weighted by molar-refractivity contribution is 6.35. The molecule has 1 saturated carbocycles. The Morgan fingerprint density at radius 2 is 2.19 bits per heavy atom. The van der Waals surface area contributed by atoms with E-state index in [0.29, 0.717) is 10.6 Å². The molecule has 1 heterocycles. The Balaban J connectivity index is 2.17. The molecule has 5 heteroatoms. The molecule has 0 saturated heterocycles. The second-order valence-electron chi connectivity index (χ2n) is 4.36. The van der Waals surface area contributed by atoms with Gasteiger partial charge < -0.3 is 5.32 Å². The highest BCUT2D eigenvalue weighted by atomic mass is 35.5. The summed E-state index contributed by atoms with van der Waals surface area (Å²) in [7, 11) is 0. The molecule has 1 fully saturated rings. The van der Waals surface area contributed by atoms with Crippen LogP contribution >= 0.6 is 23.2 Å². The number of halogens is 2. The summed E-state index contributed by atoms with van der Waals surface area (Å²) < 4.78 is 0. The van der Waals surface area contributed by atoms with E-state index in [-0.39, 0.29) is 16.6 Å². The Labute approximate surface area is 104 Å². The number of carbonyl (C=O) groups is 1. The van der Waals surface area contributed by atoms with Crippen molar-refractivity contribution in [1.29, 1.82) is 0 Å². The molecule has 1 aliphatic rings. The zero-order valence-corrected chi connectivity index (χ0v) is 10.4.